The second-order valence-corrected chi connectivity index (χ2v) is 13.7. The Labute approximate surface area is 237 Å². The molecule has 2 bridgehead atoms. The SMILES string of the molecule is CCCN(CC1(O)CCC2C34C=CC5(C=C3C(=O)c3ccco3)CC(O)CCC5(C)C4CCC21C)C(=O)OCC. The number of hydrogen-bond donors (Lipinski definition) is 2. The van der Waals surface area contributed by atoms with Crippen LogP contribution in [0, 0.1) is 33.5 Å². The Balaban J connectivity index is 1.46. The van der Waals surface area contributed by atoms with Gasteiger partial charge >= 0.3 is 6.09 Å². The van der Waals surface area contributed by atoms with E-state index in [2.05, 4.69) is 32.1 Å². The Kier molecular flexibility index (Phi) is 6.47. The Morgan fingerprint density at radius 3 is 2.50 bits per heavy atom. The molecule has 2 spiro atoms. The molecule has 3 saturated carbocycles. The summed E-state index contributed by atoms with van der Waals surface area (Å²) in [6.07, 6.45) is 13.7. The van der Waals surface area contributed by atoms with E-state index in [1.807, 2.05) is 6.92 Å². The van der Waals surface area contributed by atoms with Crippen LogP contribution in [0.3, 0.4) is 0 Å². The smallest absolute Gasteiger partial charge is 0.409 e. The number of nitrogens with zero attached hydrogens (tertiary/aromatic N) is 1. The van der Waals surface area contributed by atoms with Crippen molar-refractivity contribution in [1.29, 1.82) is 0 Å². The zero-order valence-corrected chi connectivity index (χ0v) is 24.4. The Morgan fingerprint density at radius 2 is 1.80 bits per heavy atom. The maximum absolute atomic E-state index is 14.2. The Bertz CT molecular complexity index is 1240. The van der Waals surface area contributed by atoms with Gasteiger partial charge in [-0.15, -0.1) is 0 Å². The van der Waals surface area contributed by atoms with Crippen LogP contribution in [-0.4, -0.2) is 58.4 Å². The number of Topliss-reactive ketones (excluding diaryl/α,β-unsaturated/α-hetero) is 1. The van der Waals surface area contributed by atoms with Crippen LogP contribution < -0.4 is 0 Å². The van der Waals surface area contributed by atoms with Gasteiger partial charge in [-0.3, -0.25) is 4.79 Å². The molecule has 1 aromatic rings. The highest BCUT2D eigenvalue weighted by Crippen LogP contribution is 2.78. The van der Waals surface area contributed by atoms with E-state index in [-0.39, 0.29) is 41.1 Å². The lowest BCUT2D eigenvalue weighted by molar-refractivity contribution is -0.175. The fourth-order valence-electron chi connectivity index (χ4n) is 10.2. The maximum Gasteiger partial charge on any atom is 0.409 e. The normalized spacial score (nSPS) is 43.0. The van der Waals surface area contributed by atoms with Crippen molar-refractivity contribution in [1.82, 2.24) is 4.90 Å². The summed E-state index contributed by atoms with van der Waals surface area (Å²) in [7, 11) is 0. The van der Waals surface area contributed by atoms with Crippen molar-refractivity contribution in [2.24, 2.45) is 33.5 Å². The summed E-state index contributed by atoms with van der Waals surface area (Å²) in [4.78, 5) is 28.8. The number of carbonyl (C=O) groups excluding carboxylic acids is 2. The summed E-state index contributed by atoms with van der Waals surface area (Å²) in [5.41, 5.74) is -1.83. The highest BCUT2D eigenvalue weighted by molar-refractivity contribution is 6.08. The highest BCUT2D eigenvalue weighted by Gasteiger charge is 2.74. The van der Waals surface area contributed by atoms with Crippen LogP contribution in [0.4, 0.5) is 4.79 Å². The lowest BCUT2D eigenvalue weighted by Crippen LogP contribution is -2.67. The van der Waals surface area contributed by atoms with Crippen LogP contribution in [0.2, 0.25) is 0 Å². The minimum Gasteiger partial charge on any atom is -0.461 e. The average molecular weight is 552 g/mol. The van der Waals surface area contributed by atoms with E-state index in [1.165, 1.54) is 0 Å². The van der Waals surface area contributed by atoms with E-state index < -0.39 is 22.5 Å². The number of furan rings is 1. The molecule has 6 aliphatic carbocycles. The van der Waals surface area contributed by atoms with Crippen LogP contribution in [-0.2, 0) is 4.74 Å². The first kappa shape index (κ1) is 27.8. The van der Waals surface area contributed by atoms with Gasteiger partial charge in [0.05, 0.1) is 31.1 Å². The van der Waals surface area contributed by atoms with Crippen molar-refractivity contribution in [2.45, 2.75) is 90.8 Å². The van der Waals surface area contributed by atoms with Gasteiger partial charge in [0.1, 0.15) is 0 Å². The fourth-order valence-corrected chi connectivity index (χ4v) is 10.2. The number of allylic oxidation sites excluding steroid dienone is 4. The largest absolute Gasteiger partial charge is 0.461 e. The summed E-state index contributed by atoms with van der Waals surface area (Å²) >= 11 is 0. The number of carbonyl (C=O) groups is 2. The first-order valence-electron chi connectivity index (χ1n) is 15.3. The minimum atomic E-state index is -1.10. The number of hydrogen-bond acceptors (Lipinski definition) is 6. The number of rotatable bonds is 7. The Morgan fingerprint density at radius 1 is 1.07 bits per heavy atom. The van der Waals surface area contributed by atoms with Crippen molar-refractivity contribution in [2.75, 3.05) is 19.7 Å². The predicted molar refractivity (Wildman–Crippen MR) is 150 cm³/mol. The van der Waals surface area contributed by atoms with Crippen molar-refractivity contribution in [3.63, 3.8) is 0 Å². The van der Waals surface area contributed by atoms with Crippen LogP contribution in [0.25, 0.3) is 0 Å². The molecule has 6 aliphatic rings. The molecule has 8 atom stereocenters. The van der Waals surface area contributed by atoms with E-state index in [0.29, 0.717) is 31.8 Å². The fraction of sp³-hybridized carbons (Fsp3) is 0.697. The molecule has 40 heavy (non-hydrogen) atoms. The molecule has 0 aliphatic heterocycles. The number of aliphatic hydroxyl groups excluding tert-OH is 1. The van der Waals surface area contributed by atoms with Gasteiger partial charge in [-0.1, -0.05) is 39.0 Å². The van der Waals surface area contributed by atoms with Crippen LogP contribution in [0.1, 0.15) is 89.6 Å². The van der Waals surface area contributed by atoms with Gasteiger partial charge in [0, 0.05) is 28.4 Å². The molecular weight excluding hydrogens is 506 g/mol. The highest BCUT2D eigenvalue weighted by atomic mass is 16.6. The third-order valence-electron chi connectivity index (χ3n) is 12.2. The molecule has 7 rings (SSSR count). The van der Waals surface area contributed by atoms with E-state index >= 15 is 0 Å². The van der Waals surface area contributed by atoms with Crippen molar-refractivity contribution in [3.8, 4) is 0 Å². The molecule has 3 fully saturated rings. The third kappa shape index (κ3) is 3.49. The third-order valence-corrected chi connectivity index (χ3v) is 12.2. The van der Waals surface area contributed by atoms with Crippen molar-refractivity contribution in [3.05, 3.63) is 48.0 Å². The number of amides is 1. The predicted octanol–water partition coefficient (Wildman–Crippen LogP) is 5.92. The molecule has 218 valence electrons. The first-order valence-corrected chi connectivity index (χ1v) is 15.3. The van der Waals surface area contributed by atoms with Gasteiger partial charge in [-0.25, -0.2) is 4.79 Å². The van der Waals surface area contributed by atoms with Crippen LogP contribution in [0.15, 0.2) is 46.6 Å². The second-order valence-electron chi connectivity index (χ2n) is 13.7. The Hall–Kier alpha value is -2.38. The number of ether oxygens (including phenoxy) is 1. The van der Waals surface area contributed by atoms with E-state index in [1.54, 1.807) is 30.2 Å². The molecule has 0 radical (unpaired) electrons. The van der Waals surface area contributed by atoms with Crippen molar-refractivity contribution < 1.29 is 29.0 Å². The molecule has 7 nitrogen and oxygen atoms in total. The summed E-state index contributed by atoms with van der Waals surface area (Å²) < 4.78 is 11.0. The number of ketones is 1. The number of aliphatic hydroxyl groups is 2. The molecule has 1 aromatic heterocycles. The van der Waals surface area contributed by atoms with E-state index in [4.69, 9.17) is 9.15 Å². The summed E-state index contributed by atoms with van der Waals surface area (Å²) in [6.45, 7) is 9.45. The monoisotopic (exact) mass is 551 g/mol. The summed E-state index contributed by atoms with van der Waals surface area (Å²) in [5.74, 6) is 0.498. The first-order chi connectivity index (χ1) is 19.0. The summed E-state index contributed by atoms with van der Waals surface area (Å²) in [6, 6.07) is 3.49. The molecule has 7 heteroatoms. The van der Waals surface area contributed by atoms with Gasteiger partial charge in [-0.2, -0.15) is 0 Å². The molecule has 2 N–H and O–H groups in total. The van der Waals surface area contributed by atoms with Crippen LogP contribution in [0.5, 0.6) is 0 Å². The molecule has 1 amide bonds. The minimum absolute atomic E-state index is 0.0257. The van der Waals surface area contributed by atoms with Gasteiger partial charge in [0.25, 0.3) is 0 Å². The quantitative estimate of drug-likeness (QED) is 0.322. The second kappa shape index (κ2) is 9.32. The molecule has 1 heterocycles. The van der Waals surface area contributed by atoms with E-state index in [0.717, 1.165) is 44.1 Å². The maximum atomic E-state index is 14.2. The van der Waals surface area contributed by atoms with Crippen LogP contribution >= 0.6 is 0 Å². The molecular formula is C33H45NO6. The van der Waals surface area contributed by atoms with Gasteiger partial charge in [0.15, 0.2) is 5.76 Å². The van der Waals surface area contributed by atoms with Gasteiger partial charge in [0.2, 0.25) is 5.78 Å². The molecule has 0 saturated heterocycles. The van der Waals surface area contributed by atoms with E-state index in [9.17, 15) is 19.8 Å². The zero-order chi connectivity index (χ0) is 28.6. The zero-order valence-electron chi connectivity index (χ0n) is 24.4. The summed E-state index contributed by atoms with van der Waals surface area (Å²) in [5, 5.41) is 23.3. The molecule has 0 aromatic carbocycles. The van der Waals surface area contributed by atoms with Gasteiger partial charge < -0.3 is 24.3 Å². The molecule has 8 unspecified atom stereocenters. The van der Waals surface area contributed by atoms with Gasteiger partial charge in [-0.05, 0) is 87.7 Å². The van der Waals surface area contributed by atoms with Crippen molar-refractivity contribution >= 4 is 11.9 Å². The average Bonchev–Trinajstić information content (AvgIpc) is 3.55. The topological polar surface area (TPSA) is 100 Å². The lowest BCUT2D eigenvalue weighted by atomic mass is 9.32. The number of fused-ring (bicyclic) bond motifs is 1. The standard InChI is InChI=1S/C33H45NO6/c1-5-17-34(28(37)39-6-2)21-32(38)14-11-26-30(32,4)13-10-25-29(3)12-9-22(35)19-31(29)15-16-33(25,26)23(20-31)27(36)24-8-7-18-40-24/h7-8,15-16,18,20,22,25-26,35,38H,5-6,9-14,17,19,21H2,1-4H3. The lowest BCUT2D eigenvalue weighted by Gasteiger charge is -2.71.